The van der Waals surface area contributed by atoms with Crippen LogP contribution in [-0.2, 0) is 23.7 Å². The summed E-state index contributed by atoms with van der Waals surface area (Å²) < 4.78 is 0. The number of hydrogen-bond acceptors (Lipinski definition) is 2. The van der Waals surface area contributed by atoms with Crippen LogP contribution < -0.4 is 0 Å². The summed E-state index contributed by atoms with van der Waals surface area (Å²) in [5.41, 5.74) is 6.61. The average Bonchev–Trinajstić information content (AvgIpc) is 2.57. The van der Waals surface area contributed by atoms with Crippen molar-refractivity contribution >= 4 is 11.8 Å². The van der Waals surface area contributed by atoms with Gasteiger partial charge >= 0.3 is 0 Å². The van der Waals surface area contributed by atoms with Gasteiger partial charge in [0.1, 0.15) is 5.75 Å². The molecule has 0 unspecified atom stereocenters. The maximum Gasteiger partial charge on any atom is 0.122 e. The lowest BCUT2D eigenvalue weighted by Gasteiger charge is -2.29. The van der Waals surface area contributed by atoms with E-state index in [0.717, 1.165) is 24.0 Å². The molecule has 1 N–H and O–H groups in total. The highest BCUT2D eigenvalue weighted by Crippen LogP contribution is 2.41. The Hall–Kier alpha value is -1.41. The summed E-state index contributed by atoms with van der Waals surface area (Å²) >= 11 is 1.84. The Morgan fingerprint density at radius 3 is 1.39 bits per heavy atom. The third-order valence-electron chi connectivity index (χ3n) is 5.73. The van der Waals surface area contributed by atoms with Crippen molar-refractivity contribution in [1.29, 1.82) is 0 Å². The van der Waals surface area contributed by atoms with E-state index >= 15 is 0 Å². The van der Waals surface area contributed by atoms with Crippen molar-refractivity contribution in [3.05, 3.63) is 52.1 Å². The third kappa shape index (κ3) is 6.78. The number of phenols is 1. The lowest BCUT2D eigenvalue weighted by Crippen LogP contribution is -2.19. The molecule has 2 heteroatoms. The second-order valence-electron chi connectivity index (χ2n) is 12.0. The molecule has 2 aromatic rings. The first-order valence-electron chi connectivity index (χ1n) is 11.8. The monoisotopic (exact) mass is 440 g/mol. The van der Waals surface area contributed by atoms with Crippen LogP contribution in [0.3, 0.4) is 0 Å². The quantitative estimate of drug-likeness (QED) is 0.484. The lowest BCUT2D eigenvalue weighted by molar-refractivity contribution is 0.449. The van der Waals surface area contributed by atoms with E-state index in [1.807, 2.05) is 11.8 Å². The van der Waals surface area contributed by atoms with Gasteiger partial charge in [-0.2, -0.15) is 0 Å². The molecular weight excluding hydrogens is 396 g/mol. The van der Waals surface area contributed by atoms with Gasteiger partial charge in [-0.05, 0) is 94.5 Å². The molecule has 0 amide bonds. The average molecular weight is 441 g/mol. The molecule has 0 saturated heterocycles. The van der Waals surface area contributed by atoms with Crippen molar-refractivity contribution < 1.29 is 5.11 Å². The van der Waals surface area contributed by atoms with E-state index in [2.05, 4.69) is 100 Å². The first-order valence-corrected chi connectivity index (χ1v) is 12.6. The molecule has 0 aliphatic rings. The van der Waals surface area contributed by atoms with E-state index in [-0.39, 0.29) is 10.8 Å². The zero-order valence-electron chi connectivity index (χ0n) is 21.7. The lowest BCUT2D eigenvalue weighted by atomic mass is 9.77. The molecule has 172 valence electrons. The van der Waals surface area contributed by atoms with Crippen LogP contribution in [0.15, 0.2) is 34.1 Å². The molecule has 0 aromatic heterocycles. The summed E-state index contributed by atoms with van der Waals surface area (Å²) in [6.45, 7) is 25.0. The minimum Gasteiger partial charge on any atom is -0.507 e. The maximum absolute atomic E-state index is 10.9. The topological polar surface area (TPSA) is 20.2 Å². The van der Waals surface area contributed by atoms with Gasteiger partial charge in [-0.15, -0.1) is 0 Å². The predicted molar refractivity (Wildman–Crippen MR) is 138 cm³/mol. The molecule has 0 bridgehead atoms. The van der Waals surface area contributed by atoms with Crippen molar-refractivity contribution in [3.8, 4) is 5.75 Å². The van der Waals surface area contributed by atoms with Crippen LogP contribution in [-0.4, -0.2) is 5.11 Å². The van der Waals surface area contributed by atoms with Gasteiger partial charge in [-0.3, -0.25) is 0 Å². The van der Waals surface area contributed by atoms with Crippen LogP contribution in [0.1, 0.15) is 97.1 Å². The van der Waals surface area contributed by atoms with Crippen molar-refractivity contribution in [2.24, 2.45) is 11.8 Å². The van der Waals surface area contributed by atoms with Crippen LogP contribution in [0.25, 0.3) is 0 Å². The maximum atomic E-state index is 10.9. The molecule has 2 rings (SSSR count). The van der Waals surface area contributed by atoms with Gasteiger partial charge < -0.3 is 5.11 Å². The molecule has 0 fully saturated rings. The molecule has 0 spiro atoms. The molecule has 0 atom stereocenters. The first kappa shape index (κ1) is 25.8. The van der Waals surface area contributed by atoms with Gasteiger partial charge in [0.15, 0.2) is 0 Å². The van der Waals surface area contributed by atoms with Gasteiger partial charge in [0.05, 0.1) is 0 Å². The molecule has 0 saturated carbocycles. The summed E-state index contributed by atoms with van der Waals surface area (Å²) in [5.74, 6) is 1.52. The van der Waals surface area contributed by atoms with Gasteiger partial charge in [0.25, 0.3) is 0 Å². The molecule has 0 radical (unpaired) electrons. The van der Waals surface area contributed by atoms with Crippen LogP contribution in [0.5, 0.6) is 5.75 Å². The Morgan fingerprint density at radius 2 is 1.06 bits per heavy atom. The van der Waals surface area contributed by atoms with Crippen molar-refractivity contribution in [1.82, 2.24) is 0 Å². The normalized spacial score (nSPS) is 12.8. The van der Waals surface area contributed by atoms with Gasteiger partial charge in [-0.1, -0.05) is 81.0 Å². The van der Waals surface area contributed by atoms with E-state index in [1.54, 1.807) is 0 Å². The highest BCUT2D eigenvalue weighted by Gasteiger charge is 2.25. The zero-order valence-corrected chi connectivity index (χ0v) is 22.6. The predicted octanol–water partition coefficient (Wildman–Crippen LogP) is 8.84. The number of aromatic hydroxyl groups is 1. The molecule has 0 aliphatic carbocycles. The highest BCUT2D eigenvalue weighted by atomic mass is 32.2. The second-order valence-corrected chi connectivity index (χ2v) is 13.2. The Labute approximate surface area is 196 Å². The molecule has 2 aromatic carbocycles. The SMILES string of the molecule is Cc1c(C(C)(C)C)cc(Sc2cc(CC(C)C)c(O)c(CC(C)C)c2)cc1C(C)(C)C. The first-order chi connectivity index (χ1) is 14.1. The molecule has 1 nitrogen and oxygen atoms in total. The number of benzene rings is 2. The molecular formula is C29H44OS. The van der Waals surface area contributed by atoms with Crippen LogP contribution in [0, 0.1) is 18.8 Å². The molecule has 0 heterocycles. The zero-order chi connectivity index (χ0) is 23.7. The Kier molecular flexibility index (Phi) is 8.01. The largest absolute Gasteiger partial charge is 0.507 e. The smallest absolute Gasteiger partial charge is 0.122 e. The summed E-state index contributed by atoms with van der Waals surface area (Å²) in [4.78, 5) is 2.52. The van der Waals surface area contributed by atoms with Crippen LogP contribution in [0.4, 0.5) is 0 Å². The molecule has 0 aliphatic heterocycles. The Balaban J connectivity index is 2.61. The highest BCUT2D eigenvalue weighted by molar-refractivity contribution is 7.99. The van der Waals surface area contributed by atoms with E-state index in [1.165, 1.54) is 26.5 Å². The van der Waals surface area contributed by atoms with E-state index in [4.69, 9.17) is 0 Å². The van der Waals surface area contributed by atoms with Crippen molar-refractivity contribution in [3.63, 3.8) is 0 Å². The van der Waals surface area contributed by atoms with Crippen molar-refractivity contribution in [2.75, 3.05) is 0 Å². The fraction of sp³-hybridized carbons (Fsp3) is 0.586. The summed E-state index contributed by atoms with van der Waals surface area (Å²) in [6, 6.07) is 9.17. The fourth-order valence-electron chi connectivity index (χ4n) is 4.42. The molecule has 31 heavy (non-hydrogen) atoms. The Morgan fingerprint density at radius 1 is 0.710 bits per heavy atom. The minimum atomic E-state index is 0.0984. The van der Waals surface area contributed by atoms with Gasteiger partial charge in [-0.25, -0.2) is 0 Å². The van der Waals surface area contributed by atoms with Gasteiger partial charge in [0.2, 0.25) is 0 Å². The van der Waals surface area contributed by atoms with E-state index in [0.29, 0.717) is 17.6 Å². The number of phenolic OH excluding ortho intramolecular Hbond substituents is 1. The Bertz CT molecular complexity index is 841. The second kappa shape index (κ2) is 9.61. The van der Waals surface area contributed by atoms with Gasteiger partial charge in [0, 0.05) is 9.79 Å². The van der Waals surface area contributed by atoms with Crippen LogP contribution in [0.2, 0.25) is 0 Å². The standard InChI is InChI=1S/C29H44OS/c1-18(2)12-21-14-23(15-22(27(21)30)13-19(3)4)31-24-16-25(28(6,7)8)20(5)26(17-24)29(9,10)11/h14-19,30H,12-13H2,1-11H3. The fourth-order valence-corrected chi connectivity index (χ4v) is 5.45. The van der Waals surface area contributed by atoms with E-state index in [9.17, 15) is 5.11 Å². The summed E-state index contributed by atoms with van der Waals surface area (Å²) in [7, 11) is 0. The number of rotatable bonds is 6. The summed E-state index contributed by atoms with van der Waals surface area (Å²) in [6.07, 6.45) is 1.80. The number of hydrogen-bond donors (Lipinski definition) is 1. The van der Waals surface area contributed by atoms with Crippen LogP contribution >= 0.6 is 11.8 Å². The third-order valence-corrected chi connectivity index (χ3v) is 6.67. The van der Waals surface area contributed by atoms with Crippen molar-refractivity contribution in [2.45, 2.75) is 110 Å². The van der Waals surface area contributed by atoms with E-state index < -0.39 is 0 Å². The minimum absolute atomic E-state index is 0.0984. The summed E-state index contributed by atoms with van der Waals surface area (Å²) in [5, 5.41) is 10.9.